The summed E-state index contributed by atoms with van der Waals surface area (Å²) in [7, 11) is 0. The molecule has 2 N–H and O–H groups in total. The molecule has 2 fully saturated rings. The number of morpholine rings is 1. The highest BCUT2D eigenvalue weighted by Gasteiger charge is 2.37. The van der Waals surface area contributed by atoms with Crippen molar-refractivity contribution in [2.75, 3.05) is 18.9 Å². The van der Waals surface area contributed by atoms with Crippen molar-refractivity contribution in [3.05, 3.63) is 23.9 Å². The predicted octanol–water partition coefficient (Wildman–Crippen LogP) is 1.45. The van der Waals surface area contributed by atoms with Gasteiger partial charge >= 0.3 is 0 Å². The minimum Gasteiger partial charge on any atom is -0.383 e. The number of carbonyl (C=O) groups is 1. The van der Waals surface area contributed by atoms with E-state index in [9.17, 15) is 4.79 Å². The Kier molecular flexibility index (Phi) is 3.38. The normalized spacial score (nSPS) is 26.8. The molecule has 1 saturated heterocycles. The molecule has 5 nitrogen and oxygen atoms in total. The summed E-state index contributed by atoms with van der Waals surface area (Å²) in [6.45, 7) is 1.27. The van der Waals surface area contributed by atoms with Gasteiger partial charge in [-0.2, -0.15) is 0 Å². The topological polar surface area (TPSA) is 68.5 Å². The fourth-order valence-corrected chi connectivity index (χ4v) is 3.10. The van der Waals surface area contributed by atoms with Crippen molar-refractivity contribution in [2.45, 2.75) is 37.8 Å². The van der Waals surface area contributed by atoms with E-state index in [1.54, 1.807) is 18.3 Å². The van der Waals surface area contributed by atoms with E-state index in [-0.39, 0.29) is 18.1 Å². The molecule has 1 saturated carbocycles. The van der Waals surface area contributed by atoms with Crippen LogP contribution in [-0.4, -0.2) is 41.1 Å². The van der Waals surface area contributed by atoms with Crippen molar-refractivity contribution in [2.24, 2.45) is 0 Å². The Balaban J connectivity index is 1.84. The zero-order chi connectivity index (χ0) is 13.2. The Bertz CT molecular complexity index is 476. The van der Waals surface area contributed by atoms with Crippen LogP contribution in [0, 0.1) is 0 Å². The van der Waals surface area contributed by atoms with Crippen LogP contribution in [0.1, 0.15) is 36.0 Å². The van der Waals surface area contributed by atoms with Gasteiger partial charge in [-0.05, 0) is 25.0 Å². The minimum absolute atomic E-state index is 0.00852. The summed E-state index contributed by atoms with van der Waals surface area (Å²) in [5.41, 5.74) is 6.31. The van der Waals surface area contributed by atoms with Crippen molar-refractivity contribution < 1.29 is 9.53 Å². The fourth-order valence-electron chi connectivity index (χ4n) is 3.10. The van der Waals surface area contributed by atoms with Gasteiger partial charge in [0.05, 0.1) is 24.3 Å². The highest BCUT2D eigenvalue weighted by atomic mass is 16.5. The molecule has 1 amide bonds. The van der Waals surface area contributed by atoms with Gasteiger partial charge in [0.25, 0.3) is 5.91 Å². The average molecular weight is 261 g/mol. The molecule has 1 aliphatic heterocycles. The second-order valence-electron chi connectivity index (χ2n) is 5.20. The molecule has 0 bridgehead atoms. The van der Waals surface area contributed by atoms with Crippen molar-refractivity contribution in [3.63, 3.8) is 0 Å². The predicted molar refractivity (Wildman–Crippen MR) is 71.7 cm³/mol. The van der Waals surface area contributed by atoms with E-state index in [2.05, 4.69) is 4.98 Å². The first kappa shape index (κ1) is 12.4. The summed E-state index contributed by atoms with van der Waals surface area (Å²) in [6.07, 6.45) is 6.24. The number of ether oxygens (including phenoxy) is 1. The molecule has 2 aliphatic rings. The first-order valence-corrected chi connectivity index (χ1v) is 6.90. The highest BCUT2D eigenvalue weighted by Crippen LogP contribution is 2.29. The Hall–Kier alpha value is -1.62. The molecular weight excluding hydrogens is 242 g/mol. The number of fused-ring (bicyclic) bond motifs is 1. The van der Waals surface area contributed by atoms with Crippen molar-refractivity contribution >= 4 is 11.7 Å². The van der Waals surface area contributed by atoms with Crippen molar-refractivity contribution in [1.29, 1.82) is 0 Å². The van der Waals surface area contributed by atoms with Crippen molar-refractivity contribution in [3.8, 4) is 0 Å². The maximum atomic E-state index is 12.6. The van der Waals surface area contributed by atoms with Gasteiger partial charge in [0.1, 0.15) is 5.82 Å². The number of aromatic nitrogens is 1. The average Bonchev–Trinajstić information content (AvgIpc) is 2.46. The van der Waals surface area contributed by atoms with E-state index < -0.39 is 0 Å². The Morgan fingerprint density at radius 3 is 3.11 bits per heavy atom. The van der Waals surface area contributed by atoms with Crippen LogP contribution in [0.25, 0.3) is 0 Å². The molecule has 1 aliphatic carbocycles. The third-order valence-corrected chi connectivity index (χ3v) is 4.06. The zero-order valence-electron chi connectivity index (χ0n) is 10.9. The van der Waals surface area contributed by atoms with Crippen LogP contribution in [0.3, 0.4) is 0 Å². The first-order chi connectivity index (χ1) is 9.27. The maximum Gasteiger partial charge on any atom is 0.258 e. The molecule has 0 spiro atoms. The lowest BCUT2D eigenvalue weighted by atomic mass is 9.90. The number of amides is 1. The smallest absolute Gasteiger partial charge is 0.258 e. The summed E-state index contributed by atoms with van der Waals surface area (Å²) >= 11 is 0. The van der Waals surface area contributed by atoms with E-state index >= 15 is 0 Å². The highest BCUT2D eigenvalue weighted by molar-refractivity contribution is 5.98. The summed E-state index contributed by atoms with van der Waals surface area (Å²) in [5, 5.41) is 0. The van der Waals surface area contributed by atoms with Crippen molar-refractivity contribution in [1.82, 2.24) is 9.88 Å². The molecule has 0 radical (unpaired) electrons. The van der Waals surface area contributed by atoms with Gasteiger partial charge in [-0.25, -0.2) is 4.98 Å². The number of hydrogen-bond acceptors (Lipinski definition) is 4. The number of nitrogen functional groups attached to an aromatic ring is 1. The van der Waals surface area contributed by atoms with Gasteiger partial charge in [-0.15, -0.1) is 0 Å². The molecule has 2 unspecified atom stereocenters. The summed E-state index contributed by atoms with van der Waals surface area (Å²) in [5.74, 6) is 0.303. The van der Waals surface area contributed by atoms with Crippen LogP contribution in [0.4, 0.5) is 5.82 Å². The van der Waals surface area contributed by atoms with Crippen LogP contribution >= 0.6 is 0 Å². The van der Waals surface area contributed by atoms with E-state index in [0.29, 0.717) is 24.5 Å². The number of carbonyl (C=O) groups excluding carboxylic acids is 1. The van der Waals surface area contributed by atoms with E-state index in [4.69, 9.17) is 10.5 Å². The number of pyridine rings is 1. The van der Waals surface area contributed by atoms with Gasteiger partial charge in [-0.3, -0.25) is 4.79 Å². The van der Waals surface area contributed by atoms with Crippen LogP contribution in [0.5, 0.6) is 0 Å². The second-order valence-corrected chi connectivity index (χ2v) is 5.20. The SMILES string of the molecule is Nc1ncccc1C(=O)N1CCOC2CCCCC21. The zero-order valence-corrected chi connectivity index (χ0v) is 10.9. The first-order valence-electron chi connectivity index (χ1n) is 6.90. The third-order valence-electron chi connectivity index (χ3n) is 4.06. The molecule has 1 aromatic rings. The number of hydrogen-bond donors (Lipinski definition) is 1. The summed E-state index contributed by atoms with van der Waals surface area (Å²) < 4.78 is 5.79. The maximum absolute atomic E-state index is 12.6. The quantitative estimate of drug-likeness (QED) is 0.830. The Morgan fingerprint density at radius 1 is 1.42 bits per heavy atom. The minimum atomic E-state index is -0.00852. The van der Waals surface area contributed by atoms with Gasteiger partial charge in [0.2, 0.25) is 0 Å². The molecule has 5 heteroatoms. The lowest BCUT2D eigenvalue weighted by Crippen LogP contribution is -2.54. The standard InChI is InChI=1S/C14H19N3O2/c15-13-10(4-3-7-16-13)14(18)17-8-9-19-12-6-2-1-5-11(12)17/h3-4,7,11-12H,1-2,5-6,8-9H2,(H2,15,16). The lowest BCUT2D eigenvalue weighted by molar-refractivity contribution is -0.0752. The Morgan fingerprint density at radius 2 is 2.26 bits per heavy atom. The van der Waals surface area contributed by atoms with Gasteiger partial charge < -0.3 is 15.4 Å². The van der Waals surface area contributed by atoms with Gasteiger partial charge in [-0.1, -0.05) is 12.8 Å². The summed E-state index contributed by atoms with van der Waals surface area (Å²) in [4.78, 5) is 18.6. The van der Waals surface area contributed by atoms with E-state index in [0.717, 1.165) is 19.3 Å². The second kappa shape index (κ2) is 5.17. The number of anilines is 1. The fraction of sp³-hybridized carbons (Fsp3) is 0.571. The van der Waals surface area contributed by atoms with Crippen LogP contribution in [-0.2, 0) is 4.74 Å². The monoisotopic (exact) mass is 261 g/mol. The van der Waals surface area contributed by atoms with E-state index in [1.807, 2.05) is 4.90 Å². The number of nitrogens with zero attached hydrogens (tertiary/aromatic N) is 2. The molecule has 19 heavy (non-hydrogen) atoms. The molecule has 2 heterocycles. The largest absolute Gasteiger partial charge is 0.383 e. The molecule has 102 valence electrons. The molecule has 0 aromatic carbocycles. The molecule has 3 rings (SSSR count). The van der Waals surface area contributed by atoms with Gasteiger partial charge in [0.15, 0.2) is 0 Å². The van der Waals surface area contributed by atoms with Gasteiger partial charge in [0, 0.05) is 12.7 Å². The van der Waals surface area contributed by atoms with Crippen LogP contribution < -0.4 is 5.73 Å². The molecular formula is C14H19N3O2. The molecule has 2 atom stereocenters. The number of nitrogens with two attached hydrogens (primary N) is 1. The van der Waals surface area contributed by atoms with E-state index in [1.165, 1.54) is 6.42 Å². The Labute approximate surface area is 112 Å². The summed E-state index contributed by atoms with van der Waals surface area (Å²) in [6, 6.07) is 3.70. The number of rotatable bonds is 1. The molecule has 1 aromatic heterocycles. The third kappa shape index (κ3) is 2.30. The van der Waals surface area contributed by atoms with Crippen LogP contribution in [0.2, 0.25) is 0 Å². The van der Waals surface area contributed by atoms with Crippen LogP contribution in [0.15, 0.2) is 18.3 Å². The lowest BCUT2D eigenvalue weighted by Gasteiger charge is -2.43.